The summed E-state index contributed by atoms with van der Waals surface area (Å²) in [6.45, 7) is 1.35. The molecule has 1 aliphatic rings. The summed E-state index contributed by atoms with van der Waals surface area (Å²) in [4.78, 5) is 0. The summed E-state index contributed by atoms with van der Waals surface area (Å²) in [5, 5.41) is 0. The van der Waals surface area contributed by atoms with Crippen LogP contribution in [0, 0.1) is 0 Å². The van der Waals surface area contributed by atoms with Crippen molar-refractivity contribution in [3.05, 3.63) is 103 Å². The van der Waals surface area contributed by atoms with Crippen LogP contribution in [0.3, 0.4) is 0 Å². The SMILES string of the molecule is c1ccc(-c2cc(-c3ccccc3)c(OCC3CO3)c(-c3ccccc3)c2)cc1. The average molecular weight is 378 g/mol. The lowest BCUT2D eigenvalue weighted by Gasteiger charge is -2.19. The Morgan fingerprint density at radius 3 is 1.52 bits per heavy atom. The van der Waals surface area contributed by atoms with Crippen LogP contribution < -0.4 is 4.74 Å². The van der Waals surface area contributed by atoms with E-state index in [1.807, 2.05) is 18.2 Å². The third-order valence-electron chi connectivity index (χ3n) is 5.18. The van der Waals surface area contributed by atoms with E-state index in [1.165, 1.54) is 11.1 Å². The van der Waals surface area contributed by atoms with E-state index in [2.05, 4.69) is 84.9 Å². The second-order valence-electron chi connectivity index (χ2n) is 7.26. The molecule has 0 spiro atoms. The molecule has 1 unspecified atom stereocenters. The minimum Gasteiger partial charge on any atom is -0.489 e. The zero-order valence-electron chi connectivity index (χ0n) is 16.1. The van der Waals surface area contributed by atoms with Crippen LogP contribution in [0.2, 0.25) is 0 Å². The zero-order chi connectivity index (χ0) is 19.5. The highest BCUT2D eigenvalue weighted by Crippen LogP contribution is 2.43. The van der Waals surface area contributed by atoms with Crippen molar-refractivity contribution >= 4 is 0 Å². The zero-order valence-corrected chi connectivity index (χ0v) is 16.1. The van der Waals surface area contributed by atoms with Gasteiger partial charge in [-0.15, -0.1) is 0 Å². The van der Waals surface area contributed by atoms with Gasteiger partial charge >= 0.3 is 0 Å². The van der Waals surface area contributed by atoms with E-state index in [0.29, 0.717) is 6.61 Å². The van der Waals surface area contributed by atoms with Crippen LogP contribution in [-0.4, -0.2) is 19.3 Å². The van der Waals surface area contributed by atoms with Gasteiger partial charge < -0.3 is 9.47 Å². The lowest BCUT2D eigenvalue weighted by Crippen LogP contribution is -2.06. The van der Waals surface area contributed by atoms with Crippen molar-refractivity contribution in [3.63, 3.8) is 0 Å². The van der Waals surface area contributed by atoms with Crippen LogP contribution in [0.15, 0.2) is 103 Å². The Labute approximate surface area is 171 Å². The second-order valence-corrected chi connectivity index (χ2v) is 7.26. The summed E-state index contributed by atoms with van der Waals surface area (Å²) >= 11 is 0. The van der Waals surface area contributed by atoms with Crippen LogP contribution in [0.1, 0.15) is 0 Å². The predicted molar refractivity (Wildman–Crippen MR) is 118 cm³/mol. The van der Waals surface area contributed by atoms with E-state index in [-0.39, 0.29) is 6.10 Å². The molecule has 0 bridgehead atoms. The number of hydrogen-bond donors (Lipinski definition) is 0. The largest absolute Gasteiger partial charge is 0.489 e. The van der Waals surface area contributed by atoms with Gasteiger partial charge in [0.25, 0.3) is 0 Å². The molecule has 0 aliphatic carbocycles. The summed E-state index contributed by atoms with van der Waals surface area (Å²) in [6, 6.07) is 35.9. The molecule has 1 saturated heterocycles. The molecule has 0 radical (unpaired) electrons. The van der Waals surface area contributed by atoms with Crippen molar-refractivity contribution in [1.29, 1.82) is 0 Å². The van der Waals surface area contributed by atoms with Gasteiger partial charge in [0.15, 0.2) is 0 Å². The summed E-state index contributed by atoms with van der Waals surface area (Å²) in [5.41, 5.74) is 6.87. The molecule has 2 nitrogen and oxygen atoms in total. The van der Waals surface area contributed by atoms with E-state index in [4.69, 9.17) is 9.47 Å². The second kappa shape index (κ2) is 7.94. The molecular weight excluding hydrogens is 356 g/mol. The Hall–Kier alpha value is -3.36. The molecule has 29 heavy (non-hydrogen) atoms. The minimum absolute atomic E-state index is 0.205. The Kier molecular flexibility index (Phi) is 4.85. The van der Waals surface area contributed by atoms with Crippen LogP contribution in [0.25, 0.3) is 33.4 Å². The summed E-state index contributed by atoms with van der Waals surface area (Å²) in [6.07, 6.45) is 0.205. The molecule has 4 aromatic carbocycles. The normalized spacial score (nSPS) is 15.1. The fourth-order valence-corrected chi connectivity index (χ4v) is 3.59. The first kappa shape index (κ1) is 17.7. The van der Waals surface area contributed by atoms with Gasteiger partial charge in [0.05, 0.1) is 6.61 Å². The number of benzene rings is 4. The molecular formula is C27H22O2. The Balaban J connectivity index is 1.73. The lowest BCUT2D eigenvalue weighted by atomic mass is 9.92. The van der Waals surface area contributed by atoms with Gasteiger partial charge in [0.1, 0.15) is 18.5 Å². The molecule has 0 amide bonds. The van der Waals surface area contributed by atoms with E-state index in [9.17, 15) is 0 Å². The first-order chi connectivity index (χ1) is 14.4. The quantitative estimate of drug-likeness (QED) is 0.359. The van der Waals surface area contributed by atoms with Crippen molar-refractivity contribution in [3.8, 4) is 39.1 Å². The third-order valence-corrected chi connectivity index (χ3v) is 5.18. The number of rotatable bonds is 6. The van der Waals surface area contributed by atoms with Gasteiger partial charge in [-0.3, -0.25) is 0 Å². The average Bonchev–Trinajstić information content (AvgIpc) is 3.63. The van der Waals surface area contributed by atoms with Crippen molar-refractivity contribution in [1.82, 2.24) is 0 Å². The molecule has 1 aliphatic heterocycles. The summed E-state index contributed by atoms with van der Waals surface area (Å²) in [7, 11) is 0. The first-order valence-corrected chi connectivity index (χ1v) is 9.97. The van der Waals surface area contributed by atoms with Gasteiger partial charge in [-0.05, 0) is 34.4 Å². The highest BCUT2D eigenvalue weighted by molar-refractivity contribution is 5.88. The first-order valence-electron chi connectivity index (χ1n) is 9.97. The fraction of sp³-hybridized carbons (Fsp3) is 0.111. The third kappa shape index (κ3) is 3.94. The smallest absolute Gasteiger partial charge is 0.135 e. The van der Waals surface area contributed by atoms with Crippen LogP contribution >= 0.6 is 0 Å². The van der Waals surface area contributed by atoms with Gasteiger partial charge in [0.2, 0.25) is 0 Å². The highest BCUT2D eigenvalue weighted by Gasteiger charge is 2.25. The van der Waals surface area contributed by atoms with Crippen LogP contribution in [-0.2, 0) is 4.74 Å². The number of hydrogen-bond acceptors (Lipinski definition) is 2. The fourth-order valence-electron chi connectivity index (χ4n) is 3.59. The van der Waals surface area contributed by atoms with Crippen LogP contribution in [0.5, 0.6) is 5.75 Å². The van der Waals surface area contributed by atoms with Crippen LogP contribution in [0.4, 0.5) is 0 Å². The Bertz CT molecular complexity index is 1020. The summed E-state index contributed by atoms with van der Waals surface area (Å²) < 4.78 is 11.8. The molecule has 1 heterocycles. The molecule has 1 fully saturated rings. The topological polar surface area (TPSA) is 21.8 Å². The molecule has 0 N–H and O–H groups in total. The standard InChI is InChI=1S/C27H22O2/c1-4-10-20(11-5-1)23-16-25(21-12-6-2-7-13-21)27(29-19-24-18-28-24)26(17-23)22-14-8-3-9-15-22/h1-17,24H,18-19H2. The molecule has 142 valence electrons. The molecule has 0 saturated carbocycles. The van der Waals surface area contributed by atoms with Crippen molar-refractivity contribution in [2.24, 2.45) is 0 Å². The van der Waals surface area contributed by atoms with Crippen molar-refractivity contribution in [2.45, 2.75) is 6.10 Å². The number of epoxide rings is 1. The van der Waals surface area contributed by atoms with Gasteiger partial charge in [-0.2, -0.15) is 0 Å². The number of ether oxygens (including phenoxy) is 2. The molecule has 1 atom stereocenters. The maximum atomic E-state index is 6.37. The maximum absolute atomic E-state index is 6.37. The van der Waals surface area contributed by atoms with Gasteiger partial charge in [0, 0.05) is 11.1 Å². The van der Waals surface area contributed by atoms with E-state index in [0.717, 1.165) is 34.6 Å². The van der Waals surface area contributed by atoms with Gasteiger partial charge in [-0.25, -0.2) is 0 Å². The van der Waals surface area contributed by atoms with Gasteiger partial charge in [-0.1, -0.05) is 91.0 Å². The monoisotopic (exact) mass is 378 g/mol. The highest BCUT2D eigenvalue weighted by atomic mass is 16.6. The van der Waals surface area contributed by atoms with Crippen molar-refractivity contribution in [2.75, 3.05) is 13.2 Å². The predicted octanol–water partition coefficient (Wildman–Crippen LogP) is 6.47. The lowest BCUT2D eigenvalue weighted by molar-refractivity contribution is 0.264. The van der Waals surface area contributed by atoms with E-state index < -0.39 is 0 Å². The molecule has 0 aromatic heterocycles. The minimum atomic E-state index is 0.205. The summed E-state index contributed by atoms with van der Waals surface area (Å²) in [5.74, 6) is 0.914. The maximum Gasteiger partial charge on any atom is 0.135 e. The van der Waals surface area contributed by atoms with E-state index in [1.54, 1.807) is 0 Å². The molecule has 2 heteroatoms. The van der Waals surface area contributed by atoms with Crippen molar-refractivity contribution < 1.29 is 9.47 Å². The Morgan fingerprint density at radius 2 is 1.07 bits per heavy atom. The molecule has 5 rings (SSSR count). The van der Waals surface area contributed by atoms with E-state index >= 15 is 0 Å². The molecule has 4 aromatic rings. The Morgan fingerprint density at radius 1 is 0.621 bits per heavy atom.